The molecule has 0 aromatic heterocycles. The van der Waals surface area contributed by atoms with Crippen LogP contribution in [0.25, 0.3) is 0 Å². The van der Waals surface area contributed by atoms with Gasteiger partial charge in [0.05, 0.1) is 5.92 Å². The van der Waals surface area contributed by atoms with E-state index in [2.05, 4.69) is 0 Å². The minimum Gasteiger partial charge on any atom is -0.342 e. The van der Waals surface area contributed by atoms with Crippen LogP contribution in [0, 0.1) is 11.8 Å². The van der Waals surface area contributed by atoms with Crippen LogP contribution in [-0.4, -0.2) is 47.8 Å². The van der Waals surface area contributed by atoms with Gasteiger partial charge in [-0.25, -0.2) is 0 Å². The highest BCUT2D eigenvalue weighted by atomic mass is 16.2. The van der Waals surface area contributed by atoms with Crippen molar-refractivity contribution in [2.24, 2.45) is 11.8 Å². The number of carbonyl (C=O) groups is 2. The lowest BCUT2D eigenvalue weighted by Crippen LogP contribution is -2.49. The number of nitrogens with zero attached hydrogens (tertiary/aromatic N) is 2. The van der Waals surface area contributed by atoms with E-state index in [1.807, 2.05) is 16.8 Å². The molecule has 0 aromatic rings. The van der Waals surface area contributed by atoms with Crippen LogP contribution in [-0.2, 0) is 9.59 Å². The van der Waals surface area contributed by atoms with Crippen molar-refractivity contribution in [3.8, 4) is 0 Å². The lowest BCUT2D eigenvalue weighted by Gasteiger charge is -2.39. The van der Waals surface area contributed by atoms with Gasteiger partial charge in [-0.2, -0.15) is 0 Å². The van der Waals surface area contributed by atoms with E-state index in [4.69, 9.17) is 0 Å². The van der Waals surface area contributed by atoms with Crippen LogP contribution in [0.4, 0.5) is 0 Å². The molecule has 1 saturated heterocycles. The number of piperidine rings is 1. The number of carbonyl (C=O) groups excluding carboxylic acids is 2. The van der Waals surface area contributed by atoms with Gasteiger partial charge in [-0.3, -0.25) is 9.59 Å². The fraction of sp³-hybridized carbons (Fsp3) is 0.900. The van der Waals surface area contributed by atoms with Crippen molar-refractivity contribution >= 4 is 11.8 Å². The van der Waals surface area contributed by atoms with E-state index in [1.165, 1.54) is 51.4 Å². The molecule has 3 aliphatic rings. The van der Waals surface area contributed by atoms with Gasteiger partial charge in [0.1, 0.15) is 0 Å². The Morgan fingerprint density at radius 2 is 1.62 bits per heavy atom. The van der Waals surface area contributed by atoms with Crippen LogP contribution in [0.15, 0.2) is 0 Å². The van der Waals surface area contributed by atoms with Gasteiger partial charge in [-0.05, 0) is 38.0 Å². The second-order valence-electron chi connectivity index (χ2n) is 8.28. The van der Waals surface area contributed by atoms with Gasteiger partial charge in [0, 0.05) is 32.6 Å². The summed E-state index contributed by atoms with van der Waals surface area (Å²) in [4.78, 5) is 29.3. The van der Waals surface area contributed by atoms with Crippen LogP contribution in [0.2, 0.25) is 0 Å². The molecule has 2 amide bonds. The Balaban J connectivity index is 1.55. The second-order valence-corrected chi connectivity index (χ2v) is 8.28. The topological polar surface area (TPSA) is 40.6 Å². The minimum atomic E-state index is 0.0261. The Labute approximate surface area is 146 Å². The van der Waals surface area contributed by atoms with Gasteiger partial charge in [-0.1, -0.05) is 38.5 Å². The second kappa shape index (κ2) is 8.35. The molecule has 0 unspecified atom stereocenters. The van der Waals surface area contributed by atoms with E-state index in [0.29, 0.717) is 24.9 Å². The Kier molecular flexibility index (Phi) is 6.18. The highest BCUT2D eigenvalue weighted by molar-refractivity contribution is 5.84. The van der Waals surface area contributed by atoms with Gasteiger partial charge < -0.3 is 9.80 Å². The largest absolute Gasteiger partial charge is 0.342 e. The molecule has 24 heavy (non-hydrogen) atoms. The molecule has 4 heteroatoms. The standard InChI is InChI=1S/C20H34N2O2/c1-21(18-10-6-3-7-11-18)20(24)17-12-13-19(23)22(15-17)14-16-8-4-2-5-9-16/h16-18H,2-15H2,1H3/t17-/m1/s1. The van der Waals surface area contributed by atoms with Crippen molar-refractivity contribution in [1.82, 2.24) is 9.80 Å². The number of hydrogen-bond acceptors (Lipinski definition) is 2. The predicted molar refractivity (Wildman–Crippen MR) is 95.5 cm³/mol. The Hall–Kier alpha value is -1.06. The molecule has 1 aliphatic heterocycles. The average molecular weight is 335 g/mol. The maximum atomic E-state index is 12.9. The smallest absolute Gasteiger partial charge is 0.227 e. The van der Waals surface area contributed by atoms with Gasteiger partial charge in [0.25, 0.3) is 0 Å². The van der Waals surface area contributed by atoms with Crippen LogP contribution in [0.1, 0.15) is 77.0 Å². The molecule has 1 heterocycles. The fourth-order valence-corrected chi connectivity index (χ4v) is 4.91. The Morgan fingerprint density at radius 3 is 2.29 bits per heavy atom. The van der Waals surface area contributed by atoms with Crippen molar-refractivity contribution in [1.29, 1.82) is 0 Å². The molecule has 2 aliphatic carbocycles. The normalized spacial score (nSPS) is 27.3. The summed E-state index contributed by atoms with van der Waals surface area (Å²) in [6.07, 6.45) is 13.9. The lowest BCUT2D eigenvalue weighted by atomic mass is 9.87. The summed E-state index contributed by atoms with van der Waals surface area (Å²) >= 11 is 0. The third kappa shape index (κ3) is 4.31. The van der Waals surface area contributed by atoms with E-state index in [-0.39, 0.29) is 17.7 Å². The van der Waals surface area contributed by atoms with Gasteiger partial charge >= 0.3 is 0 Å². The molecule has 0 spiro atoms. The first-order valence-corrected chi connectivity index (χ1v) is 10.2. The third-order valence-electron chi connectivity index (χ3n) is 6.52. The predicted octanol–water partition coefficient (Wildman–Crippen LogP) is 3.60. The molecule has 136 valence electrons. The van der Waals surface area contributed by atoms with Crippen molar-refractivity contribution in [2.45, 2.75) is 83.1 Å². The maximum Gasteiger partial charge on any atom is 0.227 e. The minimum absolute atomic E-state index is 0.0261. The first kappa shape index (κ1) is 17.8. The summed E-state index contributed by atoms with van der Waals surface area (Å²) in [7, 11) is 1.99. The zero-order valence-corrected chi connectivity index (χ0v) is 15.3. The molecular weight excluding hydrogens is 300 g/mol. The molecule has 0 radical (unpaired) electrons. The van der Waals surface area contributed by atoms with Gasteiger partial charge in [-0.15, -0.1) is 0 Å². The molecule has 0 N–H and O–H groups in total. The van der Waals surface area contributed by atoms with Gasteiger partial charge in [0.2, 0.25) is 11.8 Å². The van der Waals surface area contributed by atoms with E-state index in [1.54, 1.807) is 0 Å². The van der Waals surface area contributed by atoms with Gasteiger partial charge in [0.15, 0.2) is 0 Å². The van der Waals surface area contributed by atoms with Crippen molar-refractivity contribution in [2.75, 3.05) is 20.1 Å². The van der Waals surface area contributed by atoms with E-state index in [9.17, 15) is 9.59 Å². The van der Waals surface area contributed by atoms with Crippen molar-refractivity contribution in [3.63, 3.8) is 0 Å². The molecule has 0 bridgehead atoms. The van der Waals surface area contributed by atoms with E-state index in [0.717, 1.165) is 25.8 Å². The zero-order chi connectivity index (χ0) is 16.9. The first-order valence-electron chi connectivity index (χ1n) is 10.2. The highest BCUT2D eigenvalue weighted by Crippen LogP contribution is 2.29. The molecule has 3 rings (SSSR count). The van der Waals surface area contributed by atoms with E-state index < -0.39 is 0 Å². The zero-order valence-electron chi connectivity index (χ0n) is 15.3. The molecule has 3 fully saturated rings. The maximum absolute atomic E-state index is 12.9. The molecule has 1 atom stereocenters. The lowest BCUT2D eigenvalue weighted by molar-refractivity contribution is -0.144. The number of hydrogen-bond donors (Lipinski definition) is 0. The first-order chi connectivity index (χ1) is 11.6. The van der Waals surface area contributed by atoms with Crippen molar-refractivity contribution in [3.05, 3.63) is 0 Å². The summed E-state index contributed by atoms with van der Waals surface area (Å²) in [6.45, 7) is 1.54. The summed E-state index contributed by atoms with van der Waals surface area (Å²) in [5.74, 6) is 1.24. The number of likely N-dealkylation sites (tertiary alicyclic amines) is 1. The average Bonchev–Trinajstić information content (AvgIpc) is 2.64. The molecular formula is C20H34N2O2. The number of amides is 2. The molecule has 0 aromatic carbocycles. The Morgan fingerprint density at radius 1 is 1.00 bits per heavy atom. The summed E-state index contributed by atoms with van der Waals surface area (Å²) in [6, 6.07) is 0.427. The summed E-state index contributed by atoms with van der Waals surface area (Å²) in [5, 5.41) is 0. The summed E-state index contributed by atoms with van der Waals surface area (Å²) < 4.78 is 0. The fourth-order valence-electron chi connectivity index (χ4n) is 4.91. The highest BCUT2D eigenvalue weighted by Gasteiger charge is 2.34. The van der Waals surface area contributed by atoms with Crippen LogP contribution in [0.3, 0.4) is 0 Å². The van der Waals surface area contributed by atoms with Crippen LogP contribution in [0.5, 0.6) is 0 Å². The molecule has 4 nitrogen and oxygen atoms in total. The monoisotopic (exact) mass is 334 g/mol. The van der Waals surface area contributed by atoms with Crippen molar-refractivity contribution < 1.29 is 9.59 Å². The van der Waals surface area contributed by atoms with Crippen LogP contribution < -0.4 is 0 Å². The summed E-state index contributed by atoms with van der Waals surface area (Å²) in [5.41, 5.74) is 0. The SMILES string of the molecule is CN(C(=O)[C@@H]1CCC(=O)N(CC2CCCCC2)C1)C1CCCCC1. The molecule has 2 saturated carbocycles. The number of rotatable bonds is 4. The Bertz CT molecular complexity index is 439. The third-order valence-corrected chi connectivity index (χ3v) is 6.52. The van der Waals surface area contributed by atoms with E-state index >= 15 is 0 Å². The quantitative estimate of drug-likeness (QED) is 0.788. The van der Waals surface area contributed by atoms with Crippen LogP contribution >= 0.6 is 0 Å².